The smallest absolute Gasteiger partial charge is 0.419 e. The second-order valence-corrected chi connectivity index (χ2v) is 5.10. The molecule has 0 aliphatic rings. The van der Waals surface area contributed by atoms with E-state index in [1.807, 2.05) is 0 Å². The Balaban J connectivity index is 2.16. The van der Waals surface area contributed by atoms with Gasteiger partial charge in [0.25, 0.3) is 5.91 Å². The van der Waals surface area contributed by atoms with Gasteiger partial charge < -0.3 is 14.8 Å². The highest BCUT2D eigenvalue weighted by molar-refractivity contribution is 5.94. The number of nitrogens with one attached hydrogen (secondary N) is 1. The fourth-order valence-electron chi connectivity index (χ4n) is 1.95. The van der Waals surface area contributed by atoms with Crippen molar-refractivity contribution >= 4 is 5.91 Å². The number of benzene rings is 1. The van der Waals surface area contributed by atoms with Gasteiger partial charge in [-0.3, -0.25) is 4.79 Å². The van der Waals surface area contributed by atoms with E-state index in [1.54, 1.807) is 0 Å². The number of alkyl halides is 3. The Morgan fingerprint density at radius 1 is 1.26 bits per heavy atom. The van der Waals surface area contributed by atoms with Crippen LogP contribution in [0.1, 0.15) is 28.6 Å². The number of carbonyl (C=O) groups is 1. The van der Waals surface area contributed by atoms with Crippen LogP contribution in [0.4, 0.5) is 17.6 Å². The highest BCUT2D eigenvalue weighted by Gasteiger charge is 2.36. The highest BCUT2D eigenvalue weighted by atomic mass is 19.4. The van der Waals surface area contributed by atoms with Crippen LogP contribution in [0.2, 0.25) is 0 Å². The van der Waals surface area contributed by atoms with Gasteiger partial charge in [0.1, 0.15) is 17.2 Å². The first-order valence-electron chi connectivity index (χ1n) is 6.53. The lowest BCUT2D eigenvalue weighted by Gasteiger charge is -2.21. The minimum atomic E-state index is -4.90. The van der Waals surface area contributed by atoms with Gasteiger partial charge in [0.2, 0.25) is 0 Å². The minimum Gasteiger partial charge on any atom is -0.466 e. The molecule has 4 nitrogen and oxygen atoms in total. The minimum absolute atomic E-state index is 0.155. The molecule has 1 amide bonds. The molecule has 124 valence electrons. The molecule has 0 aliphatic carbocycles. The van der Waals surface area contributed by atoms with Gasteiger partial charge in [0.15, 0.2) is 0 Å². The van der Waals surface area contributed by atoms with Crippen molar-refractivity contribution in [1.82, 2.24) is 5.32 Å². The van der Waals surface area contributed by atoms with E-state index in [9.17, 15) is 27.5 Å². The summed E-state index contributed by atoms with van der Waals surface area (Å²) in [5.74, 6) is -2.57. The van der Waals surface area contributed by atoms with E-state index in [-0.39, 0.29) is 12.3 Å². The summed E-state index contributed by atoms with van der Waals surface area (Å²) in [6.45, 7) is 0.976. The average Bonchev–Trinajstić information content (AvgIpc) is 2.99. The van der Waals surface area contributed by atoms with Crippen LogP contribution in [0, 0.1) is 5.82 Å². The molecule has 0 radical (unpaired) electrons. The summed E-state index contributed by atoms with van der Waals surface area (Å²) in [6.07, 6.45) is -3.59. The number of aliphatic hydroxyl groups is 1. The standard InChI is InChI=1S/C15H13F4NO3/c1-14(22,11-6-3-7-23-11)8-20-13(21)9-4-2-5-10(12(9)16)15(17,18)19/h2-7,22H,8H2,1H3,(H,20,21). The maximum absolute atomic E-state index is 13.9. The molecule has 23 heavy (non-hydrogen) atoms. The van der Waals surface area contributed by atoms with Crippen LogP contribution in [0.15, 0.2) is 41.0 Å². The summed E-state index contributed by atoms with van der Waals surface area (Å²) in [5.41, 5.74) is -3.87. The Bertz CT molecular complexity index is 693. The van der Waals surface area contributed by atoms with Gasteiger partial charge in [-0.05, 0) is 31.2 Å². The number of amides is 1. The zero-order valence-corrected chi connectivity index (χ0v) is 11.9. The molecule has 1 atom stereocenters. The van der Waals surface area contributed by atoms with E-state index < -0.39 is 34.6 Å². The molecule has 0 aliphatic heterocycles. The number of rotatable bonds is 4. The van der Waals surface area contributed by atoms with Crippen LogP contribution in [0.25, 0.3) is 0 Å². The Morgan fingerprint density at radius 3 is 2.52 bits per heavy atom. The summed E-state index contributed by atoms with van der Waals surface area (Å²) in [6, 6.07) is 5.41. The average molecular weight is 331 g/mol. The summed E-state index contributed by atoms with van der Waals surface area (Å²) >= 11 is 0. The Kier molecular flexibility index (Phi) is 4.46. The second-order valence-electron chi connectivity index (χ2n) is 5.10. The molecule has 1 aromatic carbocycles. The maximum atomic E-state index is 13.9. The van der Waals surface area contributed by atoms with E-state index in [4.69, 9.17) is 4.42 Å². The summed E-state index contributed by atoms with van der Waals surface area (Å²) < 4.78 is 56.7. The molecule has 0 saturated carbocycles. The molecule has 1 aromatic heterocycles. The predicted octanol–water partition coefficient (Wildman–Crippen LogP) is 3.08. The van der Waals surface area contributed by atoms with Gasteiger partial charge in [-0.1, -0.05) is 6.07 Å². The summed E-state index contributed by atoms with van der Waals surface area (Å²) in [7, 11) is 0. The van der Waals surface area contributed by atoms with Crippen molar-refractivity contribution in [2.45, 2.75) is 18.7 Å². The van der Waals surface area contributed by atoms with Gasteiger partial charge in [0.05, 0.1) is 23.9 Å². The van der Waals surface area contributed by atoms with Gasteiger partial charge in [-0.2, -0.15) is 13.2 Å². The largest absolute Gasteiger partial charge is 0.466 e. The number of furan rings is 1. The lowest BCUT2D eigenvalue weighted by molar-refractivity contribution is -0.140. The number of halogens is 4. The van der Waals surface area contributed by atoms with Gasteiger partial charge in [-0.25, -0.2) is 4.39 Å². The molecule has 0 bridgehead atoms. The third kappa shape index (κ3) is 3.70. The van der Waals surface area contributed by atoms with Gasteiger partial charge in [0, 0.05) is 0 Å². The zero-order valence-electron chi connectivity index (χ0n) is 11.9. The van der Waals surface area contributed by atoms with E-state index in [0.717, 1.165) is 12.1 Å². The first kappa shape index (κ1) is 17.0. The fourth-order valence-corrected chi connectivity index (χ4v) is 1.95. The molecule has 8 heteroatoms. The molecule has 0 saturated heterocycles. The molecule has 2 aromatic rings. The van der Waals surface area contributed by atoms with E-state index >= 15 is 0 Å². The van der Waals surface area contributed by atoms with Crippen LogP contribution in [0.3, 0.4) is 0 Å². The maximum Gasteiger partial charge on any atom is 0.419 e. The third-order valence-corrected chi connectivity index (χ3v) is 3.19. The highest BCUT2D eigenvalue weighted by Crippen LogP contribution is 2.32. The molecule has 1 unspecified atom stereocenters. The lowest BCUT2D eigenvalue weighted by Crippen LogP contribution is -2.38. The second kappa shape index (κ2) is 6.04. The monoisotopic (exact) mass is 331 g/mol. The lowest BCUT2D eigenvalue weighted by atomic mass is 10.0. The van der Waals surface area contributed by atoms with E-state index in [0.29, 0.717) is 6.07 Å². The number of hydrogen-bond donors (Lipinski definition) is 2. The third-order valence-electron chi connectivity index (χ3n) is 3.19. The van der Waals surface area contributed by atoms with E-state index in [1.165, 1.54) is 25.3 Å². The molecular formula is C15H13F4NO3. The van der Waals surface area contributed by atoms with Crippen molar-refractivity contribution < 1.29 is 31.9 Å². The van der Waals surface area contributed by atoms with E-state index in [2.05, 4.69) is 5.32 Å². The molecule has 2 rings (SSSR count). The Morgan fingerprint density at radius 2 is 1.96 bits per heavy atom. The number of hydrogen-bond acceptors (Lipinski definition) is 3. The van der Waals surface area contributed by atoms with Crippen molar-refractivity contribution in [3.05, 3.63) is 59.3 Å². The molecule has 0 fully saturated rings. The molecule has 0 spiro atoms. The first-order valence-corrected chi connectivity index (χ1v) is 6.53. The number of carbonyl (C=O) groups excluding carboxylic acids is 1. The summed E-state index contributed by atoms with van der Waals surface area (Å²) in [5, 5.41) is 12.3. The van der Waals surface area contributed by atoms with Crippen LogP contribution in [-0.4, -0.2) is 17.6 Å². The van der Waals surface area contributed by atoms with Crippen molar-refractivity contribution in [3.8, 4) is 0 Å². The van der Waals surface area contributed by atoms with Crippen LogP contribution in [0.5, 0.6) is 0 Å². The molecule has 2 N–H and O–H groups in total. The van der Waals surface area contributed by atoms with Gasteiger partial charge in [-0.15, -0.1) is 0 Å². The Labute approximate surface area is 128 Å². The summed E-state index contributed by atoms with van der Waals surface area (Å²) in [4.78, 5) is 11.9. The quantitative estimate of drug-likeness (QED) is 0.847. The van der Waals surface area contributed by atoms with Crippen molar-refractivity contribution in [2.24, 2.45) is 0 Å². The predicted molar refractivity (Wildman–Crippen MR) is 72.0 cm³/mol. The fraction of sp³-hybridized carbons (Fsp3) is 0.267. The first-order chi connectivity index (χ1) is 10.6. The normalized spacial score (nSPS) is 14.3. The molecule has 1 heterocycles. The van der Waals surface area contributed by atoms with Crippen LogP contribution in [-0.2, 0) is 11.8 Å². The topological polar surface area (TPSA) is 62.5 Å². The SMILES string of the molecule is CC(O)(CNC(=O)c1cccc(C(F)(F)F)c1F)c1ccco1. The van der Waals surface area contributed by atoms with Crippen molar-refractivity contribution in [2.75, 3.05) is 6.54 Å². The van der Waals surface area contributed by atoms with Crippen molar-refractivity contribution in [1.29, 1.82) is 0 Å². The van der Waals surface area contributed by atoms with Crippen LogP contribution >= 0.6 is 0 Å². The van der Waals surface area contributed by atoms with Gasteiger partial charge >= 0.3 is 6.18 Å². The van der Waals surface area contributed by atoms with Crippen molar-refractivity contribution in [3.63, 3.8) is 0 Å². The van der Waals surface area contributed by atoms with Crippen LogP contribution < -0.4 is 5.32 Å². The Hall–Kier alpha value is -2.35. The zero-order chi connectivity index (χ0) is 17.3. The molecular weight excluding hydrogens is 318 g/mol.